The number of rotatable bonds is 3. The van der Waals surface area contributed by atoms with E-state index in [0.29, 0.717) is 5.39 Å². The molecule has 0 radical (unpaired) electrons. The van der Waals surface area contributed by atoms with Gasteiger partial charge in [-0.25, -0.2) is 4.98 Å². The summed E-state index contributed by atoms with van der Waals surface area (Å²) in [6.07, 6.45) is 1.59. The molecule has 0 aliphatic rings. The zero-order valence-electron chi connectivity index (χ0n) is 17.1. The molecule has 3 heteroatoms. The highest BCUT2D eigenvalue weighted by atomic mass is 16.1. The SMILES string of the molecule is CC.CCc1cc(C)cc2c(=O)n(-c3c(C)cccc3C)c(CC)nc12. The van der Waals surface area contributed by atoms with Crippen LogP contribution in [0, 0.1) is 20.8 Å². The van der Waals surface area contributed by atoms with Crippen molar-refractivity contribution in [2.45, 2.75) is 61.3 Å². The number of fused-ring (bicyclic) bond motifs is 1. The van der Waals surface area contributed by atoms with Gasteiger partial charge in [0.25, 0.3) is 5.56 Å². The third kappa shape index (κ3) is 3.44. The van der Waals surface area contributed by atoms with E-state index in [1.54, 1.807) is 0 Å². The molecule has 0 N–H and O–H groups in total. The highest BCUT2D eigenvalue weighted by Gasteiger charge is 2.16. The molecule has 0 spiro atoms. The van der Waals surface area contributed by atoms with Gasteiger partial charge in [0.15, 0.2) is 0 Å². The van der Waals surface area contributed by atoms with Crippen LogP contribution in [0.15, 0.2) is 35.1 Å². The van der Waals surface area contributed by atoms with Gasteiger partial charge in [0.2, 0.25) is 0 Å². The number of aryl methyl sites for hydroxylation is 5. The maximum absolute atomic E-state index is 13.4. The van der Waals surface area contributed by atoms with E-state index in [0.717, 1.165) is 52.1 Å². The first-order chi connectivity index (χ1) is 12.5. The summed E-state index contributed by atoms with van der Waals surface area (Å²) >= 11 is 0. The molecule has 1 heterocycles. The van der Waals surface area contributed by atoms with Crippen molar-refractivity contribution < 1.29 is 0 Å². The molecule has 0 saturated carbocycles. The summed E-state index contributed by atoms with van der Waals surface area (Å²) in [6.45, 7) is 14.3. The zero-order valence-corrected chi connectivity index (χ0v) is 17.1. The third-order valence-corrected chi connectivity index (χ3v) is 4.63. The predicted molar refractivity (Wildman–Crippen MR) is 112 cm³/mol. The minimum atomic E-state index is 0.0349. The van der Waals surface area contributed by atoms with E-state index in [1.807, 2.05) is 63.5 Å². The van der Waals surface area contributed by atoms with Crippen molar-refractivity contribution in [3.05, 3.63) is 68.8 Å². The summed E-state index contributed by atoms with van der Waals surface area (Å²) in [6, 6.07) is 10.2. The average molecular weight is 351 g/mol. The van der Waals surface area contributed by atoms with Crippen LogP contribution in [0.2, 0.25) is 0 Å². The van der Waals surface area contributed by atoms with Crippen molar-refractivity contribution in [2.24, 2.45) is 0 Å². The molecule has 0 amide bonds. The normalized spacial score (nSPS) is 10.6. The maximum atomic E-state index is 13.4. The molecule has 0 unspecified atom stereocenters. The molecule has 1 aromatic heterocycles. The second-order valence-corrected chi connectivity index (χ2v) is 6.44. The highest BCUT2D eigenvalue weighted by molar-refractivity contribution is 5.82. The summed E-state index contributed by atoms with van der Waals surface area (Å²) in [5.74, 6) is 0.823. The molecule has 3 aromatic rings. The van der Waals surface area contributed by atoms with Crippen LogP contribution >= 0.6 is 0 Å². The average Bonchev–Trinajstić information content (AvgIpc) is 2.64. The summed E-state index contributed by atoms with van der Waals surface area (Å²) in [4.78, 5) is 18.2. The third-order valence-electron chi connectivity index (χ3n) is 4.63. The lowest BCUT2D eigenvalue weighted by Gasteiger charge is -2.18. The van der Waals surface area contributed by atoms with Gasteiger partial charge < -0.3 is 0 Å². The standard InChI is InChI=1S/C21H24N2O.C2H6/c1-6-16-11-13(3)12-17-19(16)22-18(7-2)23(21(17)24)20-14(4)9-8-10-15(20)5;1-2/h8-12H,6-7H2,1-5H3;1-2H3. The quantitative estimate of drug-likeness (QED) is 0.628. The van der Waals surface area contributed by atoms with Crippen LogP contribution in [-0.4, -0.2) is 9.55 Å². The van der Waals surface area contributed by atoms with E-state index in [-0.39, 0.29) is 5.56 Å². The zero-order chi connectivity index (χ0) is 19.4. The molecule has 2 aromatic carbocycles. The molecule has 138 valence electrons. The Hall–Kier alpha value is -2.42. The van der Waals surface area contributed by atoms with Gasteiger partial charge >= 0.3 is 0 Å². The predicted octanol–water partition coefficient (Wildman–Crippen LogP) is 5.46. The fraction of sp³-hybridized carbons (Fsp3) is 0.391. The lowest BCUT2D eigenvalue weighted by Crippen LogP contribution is -2.25. The van der Waals surface area contributed by atoms with E-state index >= 15 is 0 Å². The number of benzene rings is 2. The van der Waals surface area contributed by atoms with Gasteiger partial charge in [-0.15, -0.1) is 0 Å². The lowest BCUT2D eigenvalue weighted by atomic mass is 10.0. The van der Waals surface area contributed by atoms with Gasteiger partial charge in [-0.1, -0.05) is 52.0 Å². The number of para-hydroxylation sites is 1. The van der Waals surface area contributed by atoms with Crippen molar-refractivity contribution in [3.63, 3.8) is 0 Å². The molecule has 0 aliphatic heterocycles. The van der Waals surface area contributed by atoms with Crippen LogP contribution < -0.4 is 5.56 Å². The first-order valence-electron chi connectivity index (χ1n) is 9.59. The molecule has 0 bridgehead atoms. The van der Waals surface area contributed by atoms with Crippen LogP contribution in [-0.2, 0) is 12.8 Å². The lowest BCUT2D eigenvalue weighted by molar-refractivity contribution is 0.822. The number of aromatic nitrogens is 2. The Morgan fingerprint density at radius 2 is 1.58 bits per heavy atom. The number of hydrogen-bond acceptors (Lipinski definition) is 2. The molecule has 3 rings (SSSR count). The molecular formula is C23H30N2O. The van der Waals surface area contributed by atoms with Crippen molar-refractivity contribution in [1.29, 1.82) is 0 Å². The Balaban J connectivity index is 0.00000117. The van der Waals surface area contributed by atoms with Crippen molar-refractivity contribution in [3.8, 4) is 5.69 Å². The van der Waals surface area contributed by atoms with E-state index < -0.39 is 0 Å². The number of hydrogen-bond donors (Lipinski definition) is 0. The Morgan fingerprint density at radius 1 is 0.962 bits per heavy atom. The minimum Gasteiger partial charge on any atom is -0.268 e. The second-order valence-electron chi connectivity index (χ2n) is 6.44. The fourth-order valence-electron chi connectivity index (χ4n) is 3.46. The Morgan fingerprint density at radius 3 is 2.12 bits per heavy atom. The number of nitrogens with zero attached hydrogens (tertiary/aromatic N) is 2. The molecule has 0 saturated heterocycles. The van der Waals surface area contributed by atoms with Gasteiger partial charge in [-0.05, 0) is 55.5 Å². The van der Waals surface area contributed by atoms with Gasteiger partial charge in [0, 0.05) is 6.42 Å². The Kier molecular flexibility index (Phi) is 6.36. The van der Waals surface area contributed by atoms with Crippen LogP contribution in [0.1, 0.15) is 55.8 Å². The molecular weight excluding hydrogens is 320 g/mol. The van der Waals surface area contributed by atoms with E-state index in [2.05, 4.69) is 19.9 Å². The summed E-state index contributed by atoms with van der Waals surface area (Å²) in [5.41, 5.74) is 6.29. The van der Waals surface area contributed by atoms with Crippen LogP contribution in [0.4, 0.5) is 0 Å². The molecule has 0 fully saturated rings. The van der Waals surface area contributed by atoms with E-state index in [4.69, 9.17) is 4.98 Å². The van der Waals surface area contributed by atoms with E-state index in [9.17, 15) is 4.79 Å². The largest absolute Gasteiger partial charge is 0.268 e. The first-order valence-corrected chi connectivity index (χ1v) is 9.59. The van der Waals surface area contributed by atoms with Crippen molar-refractivity contribution in [1.82, 2.24) is 9.55 Å². The van der Waals surface area contributed by atoms with Gasteiger partial charge in [0.05, 0.1) is 16.6 Å². The van der Waals surface area contributed by atoms with Crippen molar-refractivity contribution >= 4 is 10.9 Å². The summed E-state index contributed by atoms with van der Waals surface area (Å²) < 4.78 is 1.81. The Bertz CT molecular complexity index is 963. The van der Waals surface area contributed by atoms with Gasteiger partial charge in [-0.3, -0.25) is 9.36 Å². The van der Waals surface area contributed by atoms with Gasteiger partial charge in [-0.2, -0.15) is 0 Å². The highest BCUT2D eigenvalue weighted by Crippen LogP contribution is 2.23. The van der Waals surface area contributed by atoms with Crippen LogP contribution in [0.25, 0.3) is 16.6 Å². The van der Waals surface area contributed by atoms with E-state index in [1.165, 1.54) is 0 Å². The van der Waals surface area contributed by atoms with Crippen molar-refractivity contribution in [2.75, 3.05) is 0 Å². The first kappa shape index (κ1) is 19.9. The fourth-order valence-corrected chi connectivity index (χ4v) is 3.46. The smallest absolute Gasteiger partial charge is 0.266 e. The van der Waals surface area contributed by atoms with Crippen LogP contribution in [0.5, 0.6) is 0 Å². The molecule has 26 heavy (non-hydrogen) atoms. The summed E-state index contributed by atoms with van der Waals surface area (Å²) in [7, 11) is 0. The maximum Gasteiger partial charge on any atom is 0.266 e. The molecule has 0 atom stereocenters. The molecule has 0 aliphatic carbocycles. The molecule has 3 nitrogen and oxygen atoms in total. The summed E-state index contributed by atoms with van der Waals surface area (Å²) in [5, 5.41) is 0.715. The Labute approximate surface area is 156 Å². The second kappa shape index (κ2) is 8.31. The topological polar surface area (TPSA) is 34.9 Å². The monoisotopic (exact) mass is 350 g/mol. The minimum absolute atomic E-state index is 0.0349. The van der Waals surface area contributed by atoms with Gasteiger partial charge in [0.1, 0.15) is 5.82 Å². The van der Waals surface area contributed by atoms with Crippen LogP contribution in [0.3, 0.4) is 0 Å².